The van der Waals surface area contributed by atoms with Crippen LogP contribution in [0.2, 0.25) is 0 Å². The van der Waals surface area contributed by atoms with Crippen molar-refractivity contribution in [3.63, 3.8) is 0 Å². The Morgan fingerprint density at radius 1 is 1.54 bits per heavy atom. The van der Waals surface area contributed by atoms with Crippen LogP contribution >= 0.6 is 0 Å². The quantitative estimate of drug-likeness (QED) is 0.574. The maximum Gasteiger partial charge on any atom is 2.00 e. The molecule has 2 rings (SSSR count). The van der Waals surface area contributed by atoms with E-state index in [1.165, 1.54) is 0 Å². The van der Waals surface area contributed by atoms with Gasteiger partial charge in [-0.15, -0.1) is 0 Å². The van der Waals surface area contributed by atoms with Crippen LogP contribution in [0.3, 0.4) is 0 Å². The molecular formula is C10H11O2Pd+. The summed E-state index contributed by atoms with van der Waals surface area (Å²) >= 11 is 0. The van der Waals surface area contributed by atoms with Crippen molar-refractivity contribution in [2.75, 3.05) is 0 Å². The van der Waals surface area contributed by atoms with Crippen molar-refractivity contribution >= 4 is 0 Å². The first-order valence-electron chi connectivity index (χ1n) is 4.41. The molecule has 0 unspecified atom stereocenters. The molecule has 0 amide bonds. The van der Waals surface area contributed by atoms with E-state index in [1.54, 1.807) is 18.2 Å². The van der Waals surface area contributed by atoms with E-state index in [1.807, 2.05) is 6.07 Å². The fraction of sp³-hybridized carbons (Fsp3) is 0.300. The van der Waals surface area contributed by atoms with Crippen LogP contribution in [-0.4, -0.2) is 11.2 Å². The topological polar surface area (TPSA) is 29.5 Å². The average molecular weight is 271 g/mol. The second kappa shape index (κ2) is 4.24. The summed E-state index contributed by atoms with van der Waals surface area (Å²) in [5.74, 6) is 0.561. The molecule has 0 aromatic heterocycles. The van der Waals surface area contributed by atoms with Crippen molar-refractivity contribution in [3.8, 4) is 5.75 Å². The first-order valence-corrected chi connectivity index (χ1v) is 3.91. The van der Waals surface area contributed by atoms with Crippen LogP contribution in [0, 0.1) is 6.92 Å². The van der Waals surface area contributed by atoms with Gasteiger partial charge in [0, 0.05) is 5.56 Å². The van der Waals surface area contributed by atoms with Crippen LogP contribution in [0.5, 0.6) is 5.75 Å². The maximum absolute atomic E-state index is 9.74. The van der Waals surface area contributed by atoms with Crippen molar-refractivity contribution in [3.05, 3.63) is 36.8 Å². The molecule has 0 fully saturated rings. The fourth-order valence-electron chi connectivity index (χ4n) is 1.35. The average Bonchev–Trinajstić information content (AvgIpc) is 2.02. The first-order chi connectivity index (χ1) is 6.09. The Balaban J connectivity index is 0.000000980. The summed E-state index contributed by atoms with van der Waals surface area (Å²) in [6.07, 6.45) is -1.69. The minimum Gasteiger partial charge on any atom is -0.522 e. The zero-order valence-electron chi connectivity index (χ0n) is 7.97. The van der Waals surface area contributed by atoms with E-state index < -0.39 is 6.08 Å². The SMILES string of the molecule is [2H][C@]1(O)C[C@H]([CH2-])Oc2ccccc21.[Pd+2]. The van der Waals surface area contributed by atoms with E-state index >= 15 is 0 Å². The molecule has 72 valence electrons. The number of hydrogen-bond acceptors (Lipinski definition) is 2. The zero-order valence-corrected chi connectivity index (χ0v) is 8.53. The predicted molar refractivity (Wildman–Crippen MR) is 45.8 cm³/mol. The third-order valence-corrected chi connectivity index (χ3v) is 1.91. The predicted octanol–water partition coefficient (Wildman–Crippen LogP) is 1.70. The van der Waals surface area contributed by atoms with Crippen LogP contribution in [0.15, 0.2) is 24.3 Å². The van der Waals surface area contributed by atoms with Gasteiger partial charge in [-0.05, 0) is 18.6 Å². The van der Waals surface area contributed by atoms with Crippen molar-refractivity contribution in [1.29, 1.82) is 0 Å². The molecule has 0 saturated carbocycles. The number of aliphatic hydroxyl groups is 1. The van der Waals surface area contributed by atoms with E-state index in [-0.39, 0.29) is 32.9 Å². The Morgan fingerprint density at radius 3 is 3.00 bits per heavy atom. The molecule has 1 aliphatic heterocycles. The maximum atomic E-state index is 9.74. The van der Waals surface area contributed by atoms with Crippen LogP contribution in [-0.2, 0) is 20.4 Å². The van der Waals surface area contributed by atoms with Gasteiger partial charge < -0.3 is 16.8 Å². The number of benzene rings is 1. The van der Waals surface area contributed by atoms with Gasteiger partial charge in [-0.2, -0.15) is 0 Å². The molecule has 0 saturated heterocycles. The second-order valence-corrected chi connectivity index (χ2v) is 2.89. The van der Waals surface area contributed by atoms with E-state index in [4.69, 9.17) is 6.11 Å². The fourth-order valence-corrected chi connectivity index (χ4v) is 1.35. The monoisotopic (exact) mass is 270 g/mol. The Bertz CT molecular complexity index is 328. The van der Waals surface area contributed by atoms with E-state index in [0.29, 0.717) is 11.3 Å². The van der Waals surface area contributed by atoms with Crippen LogP contribution in [0.25, 0.3) is 0 Å². The number of fused-ring (bicyclic) bond motifs is 1. The third kappa shape index (κ3) is 2.11. The molecule has 1 aromatic carbocycles. The van der Waals surface area contributed by atoms with Crippen molar-refractivity contribution in [1.82, 2.24) is 0 Å². The summed E-state index contributed by atoms with van der Waals surface area (Å²) in [4.78, 5) is 0. The summed E-state index contributed by atoms with van der Waals surface area (Å²) < 4.78 is 13.1. The molecule has 2 nitrogen and oxygen atoms in total. The molecule has 0 spiro atoms. The standard InChI is InChI=1S/C10H11O2.Pd/c1-7-6-9(11)8-4-2-3-5-10(8)12-7;/h2-5,7,9,11H,1,6H2;/q-1;+2/t7-,9-;/m0./s1/i9D;. The Morgan fingerprint density at radius 2 is 2.23 bits per heavy atom. The van der Waals surface area contributed by atoms with Crippen molar-refractivity contribution in [2.45, 2.75) is 18.6 Å². The minimum absolute atomic E-state index is 0. The number of hydrogen-bond donors (Lipinski definition) is 1. The zero-order chi connectivity index (χ0) is 9.47. The molecule has 0 bridgehead atoms. The number of para-hydroxylation sites is 1. The summed E-state index contributed by atoms with van der Waals surface area (Å²) in [5, 5.41) is 9.74. The molecule has 1 aromatic rings. The van der Waals surface area contributed by atoms with E-state index in [9.17, 15) is 5.11 Å². The molecule has 0 aliphatic carbocycles. The van der Waals surface area contributed by atoms with Gasteiger partial charge in [-0.25, -0.2) is 0 Å². The van der Waals surface area contributed by atoms with Crippen LogP contribution < -0.4 is 4.74 Å². The summed E-state index contributed by atoms with van der Waals surface area (Å²) in [6, 6.07) is 7.04. The van der Waals surface area contributed by atoms with Gasteiger partial charge in [-0.1, -0.05) is 18.2 Å². The third-order valence-electron chi connectivity index (χ3n) is 1.91. The van der Waals surface area contributed by atoms with Gasteiger partial charge in [0.05, 0.1) is 7.45 Å². The molecule has 1 heterocycles. The summed E-state index contributed by atoms with van der Waals surface area (Å²) in [6.45, 7) is 3.69. The van der Waals surface area contributed by atoms with Gasteiger partial charge >= 0.3 is 20.4 Å². The normalized spacial score (nSPS) is 32.2. The second-order valence-electron chi connectivity index (χ2n) is 2.89. The van der Waals surface area contributed by atoms with E-state index in [0.717, 1.165) is 0 Å². The summed E-state index contributed by atoms with van der Waals surface area (Å²) in [5.41, 5.74) is 0.523. The minimum atomic E-state index is -1.55. The van der Waals surface area contributed by atoms with Crippen LogP contribution in [0.4, 0.5) is 0 Å². The van der Waals surface area contributed by atoms with Crippen LogP contribution in [0.1, 0.15) is 19.4 Å². The van der Waals surface area contributed by atoms with Gasteiger partial charge in [0.25, 0.3) is 0 Å². The first kappa shape index (κ1) is 9.21. The molecule has 3 heteroatoms. The van der Waals surface area contributed by atoms with E-state index in [2.05, 4.69) is 6.92 Å². The molecule has 2 atom stereocenters. The molecule has 1 aliphatic rings. The number of rotatable bonds is 0. The Kier molecular flexibility index (Phi) is 3.00. The Hall–Kier alpha value is -0.358. The molecule has 0 radical (unpaired) electrons. The van der Waals surface area contributed by atoms with Gasteiger partial charge in [0.15, 0.2) is 0 Å². The number of ether oxygens (including phenoxy) is 1. The molecule has 13 heavy (non-hydrogen) atoms. The van der Waals surface area contributed by atoms with Gasteiger partial charge in [0.1, 0.15) is 5.75 Å². The molecule has 1 N–H and O–H groups in total. The smallest absolute Gasteiger partial charge is 0.522 e. The summed E-state index contributed by atoms with van der Waals surface area (Å²) in [7, 11) is 0. The Labute approximate surface area is 93.0 Å². The van der Waals surface area contributed by atoms with Crippen molar-refractivity contribution in [2.24, 2.45) is 0 Å². The largest absolute Gasteiger partial charge is 2.00 e. The van der Waals surface area contributed by atoms with Gasteiger partial charge in [0.2, 0.25) is 0 Å². The molecular weight excluding hydrogens is 259 g/mol. The van der Waals surface area contributed by atoms with Gasteiger partial charge in [-0.3, -0.25) is 0 Å². The van der Waals surface area contributed by atoms with Crippen molar-refractivity contribution < 1.29 is 31.6 Å².